The predicted octanol–water partition coefficient (Wildman–Crippen LogP) is 4.93. The van der Waals surface area contributed by atoms with Crippen molar-refractivity contribution in [2.75, 3.05) is 0 Å². The van der Waals surface area contributed by atoms with Crippen LogP contribution in [-0.4, -0.2) is 5.78 Å². The molecule has 3 heteroatoms. The highest BCUT2D eigenvalue weighted by molar-refractivity contribution is 9.10. The van der Waals surface area contributed by atoms with E-state index in [2.05, 4.69) is 15.9 Å². The molecule has 0 N–H and O–H groups in total. The average Bonchev–Trinajstić information content (AvgIpc) is 2.84. The minimum absolute atomic E-state index is 0.00120. The van der Waals surface area contributed by atoms with Crippen LogP contribution in [0.2, 0.25) is 0 Å². The zero-order valence-electron chi connectivity index (χ0n) is 11.0. The van der Waals surface area contributed by atoms with Crippen molar-refractivity contribution in [3.05, 3.63) is 69.9 Å². The van der Waals surface area contributed by atoms with Gasteiger partial charge in [-0.25, -0.2) is 0 Å². The first-order valence-corrected chi connectivity index (χ1v) is 7.19. The Morgan fingerprint density at radius 2 is 1.95 bits per heavy atom. The molecule has 0 saturated heterocycles. The number of fused-ring (bicyclic) bond motifs is 1. The Morgan fingerprint density at radius 3 is 2.70 bits per heavy atom. The van der Waals surface area contributed by atoms with Crippen LogP contribution in [0.25, 0.3) is 11.0 Å². The van der Waals surface area contributed by atoms with Crippen molar-refractivity contribution in [1.29, 1.82) is 0 Å². The summed E-state index contributed by atoms with van der Waals surface area (Å²) < 4.78 is 6.68. The third-order valence-electron chi connectivity index (χ3n) is 3.27. The van der Waals surface area contributed by atoms with Gasteiger partial charge in [-0.1, -0.05) is 46.3 Å². The van der Waals surface area contributed by atoms with Gasteiger partial charge in [0, 0.05) is 16.3 Å². The molecule has 0 radical (unpaired) electrons. The molecule has 1 aromatic heterocycles. The zero-order chi connectivity index (χ0) is 14.1. The number of aryl methyl sites for hydroxylation is 1. The second-order valence-electron chi connectivity index (χ2n) is 4.83. The lowest BCUT2D eigenvalue weighted by atomic mass is 10.1. The van der Waals surface area contributed by atoms with Crippen LogP contribution in [0.1, 0.15) is 21.7 Å². The van der Waals surface area contributed by atoms with Gasteiger partial charge in [0.15, 0.2) is 5.76 Å². The molecule has 0 bridgehead atoms. The molecule has 3 rings (SSSR count). The summed E-state index contributed by atoms with van der Waals surface area (Å²) in [4.78, 5) is 12.3. The summed E-state index contributed by atoms with van der Waals surface area (Å²) in [5, 5.41) is 0.975. The third-order valence-corrected chi connectivity index (χ3v) is 3.76. The van der Waals surface area contributed by atoms with Gasteiger partial charge in [0.05, 0.1) is 0 Å². The quantitative estimate of drug-likeness (QED) is 0.638. The molecule has 0 unspecified atom stereocenters. The van der Waals surface area contributed by atoms with Crippen molar-refractivity contribution in [1.82, 2.24) is 0 Å². The number of benzene rings is 2. The Morgan fingerprint density at radius 1 is 1.15 bits per heavy atom. The van der Waals surface area contributed by atoms with E-state index in [0.29, 0.717) is 12.2 Å². The van der Waals surface area contributed by atoms with Crippen molar-refractivity contribution in [3.8, 4) is 0 Å². The molecule has 0 amide bonds. The molecule has 2 nitrogen and oxygen atoms in total. The molecule has 0 saturated carbocycles. The van der Waals surface area contributed by atoms with Gasteiger partial charge in [0.25, 0.3) is 0 Å². The number of Topliss-reactive ketones (excluding diaryl/α,β-unsaturated/α-hetero) is 1. The van der Waals surface area contributed by atoms with E-state index in [4.69, 9.17) is 4.42 Å². The molecule has 3 aromatic rings. The van der Waals surface area contributed by atoms with Crippen LogP contribution in [0.15, 0.2) is 57.4 Å². The molecule has 1 heterocycles. The largest absolute Gasteiger partial charge is 0.453 e. The summed E-state index contributed by atoms with van der Waals surface area (Å²) in [7, 11) is 0. The van der Waals surface area contributed by atoms with Crippen LogP contribution in [-0.2, 0) is 6.42 Å². The van der Waals surface area contributed by atoms with E-state index >= 15 is 0 Å². The molecule has 0 fully saturated rings. The molecular weight excluding hydrogens is 316 g/mol. The summed E-state index contributed by atoms with van der Waals surface area (Å²) >= 11 is 3.41. The number of ketones is 1. The minimum Gasteiger partial charge on any atom is -0.453 e. The maximum atomic E-state index is 12.3. The molecule has 0 aliphatic carbocycles. The van der Waals surface area contributed by atoms with Gasteiger partial charge in [0.1, 0.15) is 5.58 Å². The topological polar surface area (TPSA) is 30.2 Å². The van der Waals surface area contributed by atoms with Gasteiger partial charge in [-0.15, -0.1) is 0 Å². The Bertz CT molecular complexity index is 787. The molecule has 2 aromatic carbocycles. The van der Waals surface area contributed by atoms with Crippen LogP contribution in [0.5, 0.6) is 0 Å². The standard InChI is InChI=1S/C17H13BrO2/c1-11-4-2-6-13-10-16(20-17(11)13)15(19)9-12-5-3-7-14(18)8-12/h2-8,10H,9H2,1H3. The zero-order valence-corrected chi connectivity index (χ0v) is 12.6. The number of para-hydroxylation sites is 1. The van der Waals surface area contributed by atoms with Crippen molar-refractivity contribution in [2.24, 2.45) is 0 Å². The van der Waals surface area contributed by atoms with Crippen molar-refractivity contribution < 1.29 is 9.21 Å². The second-order valence-corrected chi connectivity index (χ2v) is 5.75. The lowest BCUT2D eigenvalue weighted by molar-refractivity contribution is 0.0968. The van der Waals surface area contributed by atoms with Gasteiger partial charge in [0.2, 0.25) is 5.78 Å². The van der Waals surface area contributed by atoms with Crippen LogP contribution >= 0.6 is 15.9 Å². The van der Waals surface area contributed by atoms with Crippen LogP contribution in [0.4, 0.5) is 0 Å². The third kappa shape index (κ3) is 2.54. The van der Waals surface area contributed by atoms with Gasteiger partial charge in [-0.05, 0) is 36.2 Å². The van der Waals surface area contributed by atoms with Crippen LogP contribution in [0.3, 0.4) is 0 Å². The minimum atomic E-state index is -0.00120. The summed E-state index contributed by atoms with van der Waals surface area (Å²) in [6.07, 6.45) is 0.346. The number of carbonyl (C=O) groups excluding carboxylic acids is 1. The Balaban J connectivity index is 1.91. The highest BCUT2D eigenvalue weighted by Gasteiger charge is 2.14. The number of rotatable bonds is 3. The van der Waals surface area contributed by atoms with Crippen LogP contribution < -0.4 is 0 Å². The summed E-state index contributed by atoms with van der Waals surface area (Å²) in [6.45, 7) is 1.98. The maximum absolute atomic E-state index is 12.3. The second kappa shape index (κ2) is 5.25. The molecule has 0 aliphatic heterocycles. The van der Waals surface area contributed by atoms with Crippen molar-refractivity contribution >= 4 is 32.7 Å². The molecule has 0 aliphatic rings. The summed E-state index contributed by atoms with van der Waals surface area (Å²) in [6, 6.07) is 15.5. The number of furan rings is 1. The number of halogens is 1. The van der Waals surface area contributed by atoms with Crippen molar-refractivity contribution in [2.45, 2.75) is 13.3 Å². The van der Waals surface area contributed by atoms with E-state index in [1.807, 2.05) is 55.5 Å². The maximum Gasteiger partial charge on any atom is 0.202 e. The lowest BCUT2D eigenvalue weighted by Crippen LogP contribution is -2.01. The summed E-state index contributed by atoms with van der Waals surface area (Å²) in [5.74, 6) is 0.424. The fourth-order valence-corrected chi connectivity index (χ4v) is 2.71. The van der Waals surface area contributed by atoms with Gasteiger partial charge < -0.3 is 4.42 Å². The van der Waals surface area contributed by atoms with Crippen LogP contribution in [0, 0.1) is 6.92 Å². The first kappa shape index (κ1) is 13.1. The predicted molar refractivity (Wildman–Crippen MR) is 83.1 cm³/mol. The lowest BCUT2D eigenvalue weighted by Gasteiger charge is -1.99. The van der Waals surface area contributed by atoms with E-state index in [-0.39, 0.29) is 5.78 Å². The fraction of sp³-hybridized carbons (Fsp3) is 0.118. The van der Waals surface area contributed by atoms with Gasteiger partial charge >= 0.3 is 0 Å². The average molecular weight is 329 g/mol. The first-order valence-electron chi connectivity index (χ1n) is 6.40. The molecule has 0 spiro atoms. The Labute approximate surface area is 125 Å². The Hall–Kier alpha value is -1.87. The van der Waals surface area contributed by atoms with E-state index in [0.717, 1.165) is 26.6 Å². The normalized spacial score (nSPS) is 10.9. The fourth-order valence-electron chi connectivity index (χ4n) is 2.27. The van der Waals surface area contributed by atoms with E-state index in [1.165, 1.54) is 0 Å². The number of hydrogen-bond donors (Lipinski definition) is 0. The van der Waals surface area contributed by atoms with E-state index < -0.39 is 0 Å². The van der Waals surface area contributed by atoms with Crippen molar-refractivity contribution in [3.63, 3.8) is 0 Å². The van der Waals surface area contributed by atoms with E-state index in [1.54, 1.807) is 0 Å². The van der Waals surface area contributed by atoms with Gasteiger partial charge in [-0.3, -0.25) is 4.79 Å². The molecule has 100 valence electrons. The molecule has 0 atom stereocenters. The van der Waals surface area contributed by atoms with Gasteiger partial charge in [-0.2, -0.15) is 0 Å². The molecular formula is C17H13BrO2. The summed E-state index contributed by atoms with van der Waals surface area (Å²) in [5.41, 5.74) is 2.82. The monoisotopic (exact) mass is 328 g/mol. The smallest absolute Gasteiger partial charge is 0.202 e. The Kier molecular flexibility index (Phi) is 3.45. The molecule has 20 heavy (non-hydrogen) atoms. The highest BCUT2D eigenvalue weighted by atomic mass is 79.9. The number of carbonyl (C=O) groups is 1. The highest BCUT2D eigenvalue weighted by Crippen LogP contribution is 2.23. The first-order chi connectivity index (χ1) is 9.63. The van der Waals surface area contributed by atoms with E-state index in [9.17, 15) is 4.79 Å². The number of hydrogen-bond acceptors (Lipinski definition) is 2. The SMILES string of the molecule is Cc1cccc2cc(C(=O)Cc3cccc(Br)c3)oc12.